The van der Waals surface area contributed by atoms with Crippen molar-refractivity contribution in [3.05, 3.63) is 23.2 Å². The van der Waals surface area contributed by atoms with E-state index in [-0.39, 0.29) is 17.7 Å². The van der Waals surface area contributed by atoms with Crippen LogP contribution in [0.1, 0.15) is 62.4 Å². The fourth-order valence-electron chi connectivity index (χ4n) is 5.22. The lowest BCUT2D eigenvalue weighted by atomic mass is 9.95. The molecule has 7 heteroatoms. The number of amides is 2. The molecule has 2 aromatic heterocycles. The average molecular weight is 445 g/mol. The first-order valence-corrected chi connectivity index (χ1v) is 12.8. The first-order chi connectivity index (χ1) is 15.1. The third kappa shape index (κ3) is 4.98. The van der Waals surface area contributed by atoms with Gasteiger partial charge in [-0.15, -0.1) is 11.3 Å². The Kier molecular flexibility index (Phi) is 7.33. The van der Waals surface area contributed by atoms with Crippen molar-refractivity contribution in [2.75, 3.05) is 32.7 Å². The predicted molar refractivity (Wildman–Crippen MR) is 127 cm³/mol. The maximum atomic E-state index is 13.0. The lowest BCUT2D eigenvalue weighted by Crippen LogP contribution is -2.44. The van der Waals surface area contributed by atoms with Crippen molar-refractivity contribution in [1.82, 2.24) is 19.7 Å². The molecule has 4 rings (SSSR count). The van der Waals surface area contributed by atoms with Crippen LogP contribution in [0.5, 0.6) is 0 Å². The zero-order chi connectivity index (χ0) is 21.8. The summed E-state index contributed by atoms with van der Waals surface area (Å²) in [6.07, 6.45) is 7.73. The number of carbonyl (C=O) groups excluding carboxylic acids is 2. The molecule has 6 nitrogen and oxygen atoms in total. The highest BCUT2D eigenvalue weighted by Gasteiger charge is 2.29. The highest BCUT2D eigenvalue weighted by atomic mass is 32.1. The summed E-state index contributed by atoms with van der Waals surface area (Å²) in [5.41, 5.74) is 1.85. The van der Waals surface area contributed by atoms with Gasteiger partial charge in [-0.2, -0.15) is 0 Å². The fourth-order valence-corrected chi connectivity index (χ4v) is 6.07. The molecule has 0 aliphatic carbocycles. The largest absolute Gasteiger partial charge is 0.356 e. The van der Waals surface area contributed by atoms with E-state index in [2.05, 4.69) is 28.6 Å². The van der Waals surface area contributed by atoms with Gasteiger partial charge >= 0.3 is 0 Å². The zero-order valence-electron chi connectivity index (χ0n) is 18.9. The van der Waals surface area contributed by atoms with Crippen molar-refractivity contribution in [1.29, 1.82) is 0 Å². The second-order valence-corrected chi connectivity index (χ2v) is 10.0. The molecular weight excluding hydrogens is 408 g/mol. The van der Waals surface area contributed by atoms with Gasteiger partial charge < -0.3 is 19.7 Å². The summed E-state index contributed by atoms with van der Waals surface area (Å²) in [5.74, 6) is 0.272. The lowest BCUT2D eigenvalue weighted by Gasteiger charge is -2.35. The number of nitrogens with zero attached hydrogens (tertiary/aromatic N) is 3. The van der Waals surface area contributed by atoms with Gasteiger partial charge in [-0.25, -0.2) is 0 Å². The number of carbonyl (C=O) groups is 2. The monoisotopic (exact) mass is 444 g/mol. The van der Waals surface area contributed by atoms with E-state index in [9.17, 15) is 9.59 Å². The van der Waals surface area contributed by atoms with Crippen molar-refractivity contribution in [2.45, 2.75) is 57.9 Å². The number of nitrogens with one attached hydrogen (secondary N) is 1. The van der Waals surface area contributed by atoms with E-state index < -0.39 is 0 Å². The molecule has 1 N–H and O–H groups in total. The van der Waals surface area contributed by atoms with Crippen LogP contribution < -0.4 is 5.32 Å². The molecule has 0 aromatic carbocycles. The number of piperidine rings is 2. The Morgan fingerprint density at radius 3 is 2.71 bits per heavy atom. The third-order valence-corrected chi connectivity index (χ3v) is 8.03. The second kappa shape index (κ2) is 10.2. The van der Waals surface area contributed by atoms with Crippen LogP contribution in [0.15, 0.2) is 17.5 Å². The quantitative estimate of drug-likeness (QED) is 0.660. The Bertz CT molecular complexity index is 897. The molecule has 0 bridgehead atoms. The van der Waals surface area contributed by atoms with Crippen molar-refractivity contribution in [2.24, 2.45) is 13.0 Å². The lowest BCUT2D eigenvalue weighted by molar-refractivity contribution is -0.126. The number of hydrogen-bond donors (Lipinski definition) is 1. The molecule has 1 atom stereocenters. The highest BCUT2D eigenvalue weighted by molar-refractivity contribution is 7.17. The Labute approximate surface area is 189 Å². The van der Waals surface area contributed by atoms with Crippen LogP contribution in [-0.4, -0.2) is 64.9 Å². The molecular formula is C24H36N4O2S. The summed E-state index contributed by atoms with van der Waals surface area (Å²) in [6.45, 7) is 6.63. The number of aryl methyl sites for hydroxylation is 1. The van der Waals surface area contributed by atoms with E-state index in [1.807, 2.05) is 22.6 Å². The van der Waals surface area contributed by atoms with Crippen LogP contribution >= 0.6 is 11.3 Å². The molecule has 2 saturated heterocycles. The predicted octanol–water partition coefficient (Wildman–Crippen LogP) is 3.86. The number of fused-ring (bicyclic) bond motifs is 1. The average Bonchev–Trinajstić information content (AvgIpc) is 3.39. The van der Waals surface area contributed by atoms with Gasteiger partial charge in [0.15, 0.2) is 0 Å². The smallest absolute Gasteiger partial charge is 0.270 e. The van der Waals surface area contributed by atoms with E-state index in [1.54, 1.807) is 11.3 Å². The number of aromatic nitrogens is 1. The summed E-state index contributed by atoms with van der Waals surface area (Å²) in [4.78, 5) is 30.1. The summed E-state index contributed by atoms with van der Waals surface area (Å²) >= 11 is 1.66. The first kappa shape index (κ1) is 22.3. The van der Waals surface area contributed by atoms with Gasteiger partial charge in [0.1, 0.15) is 5.69 Å². The maximum Gasteiger partial charge on any atom is 0.270 e. The summed E-state index contributed by atoms with van der Waals surface area (Å²) in [6, 6.07) is 4.78. The number of thiophene rings is 1. The maximum absolute atomic E-state index is 13.0. The van der Waals surface area contributed by atoms with E-state index in [4.69, 9.17) is 0 Å². The van der Waals surface area contributed by atoms with Crippen LogP contribution in [-0.2, 0) is 11.8 Å². The molecule has 2 aliphatic heterocycles. The van der Waals surface area contributed by atoms with Gasteiger partial charge in [-0.05, 0) is 62.6 Å². The molecule has 31 heavy (non-hydrogen) atoms. The molecule has 170 valence electrons. The topological polar surface area (TPSA) is 57.6 Å². The van der Waals surface area contributed by atoms with Crippen molar-refractivity contribution in [3.8, 4) is 0 Å². The van der Waals surface area contributed by atoms with Crippen molar-refractivity contribution >= 4 is 33.4 Å². The molecule has 0 saturated carbocycles. The molecule has 2 fully saturated rings. The summed E-state index contributed by atoms with van der Waals surface area (Å²) in [7, 11) is 1.95. The van der Waals surface area contributed by atoms with E-state index in [1.165, 1.54) is 32.2 Å². The van der Waals surface area contributed by atoms with Crippen LogP contribution in [0.3, 0.4) is 0 Å². The molecule has 4 heterocycles. The molecule has 2 aromatic rings. The van der Waals surface area contributed by atoms with Gasteiger partial charge in [0.2, 0.25) is 5.91 Å². The number of rotatable bonds is 7. The summed E-state index contributed by atoms with van der Waals surface area (Å²) < 4.78 is 3.13. The SMILES string of the molecule is CC[C@@H]1CCCCN1CCCNC(=O)C1CCN(C(=O)c2cc3sccc3n2C)CC1. The minimum Gasteiger partial charge on any atom is -0.356 e. The normalized spacial score (nSPS) is 21.0. The zero-order valence-corrected chi connectivity index (χ0v) is 19.8. The van der Waals surface area contributed by atoms with Gasteiger partial charge in [-0.1, -0.05) is 13.3 Å². The van der Waals surface area contributed by atoms with Gasteiger partial charge in [0.25, 0.3) is 5.91 Å². The van der Waals surface area contributed by atoms with Crippen LogP contribution in [0.4, 0.5) is 0 Å². The standard InChI is InChI=1S/C24H36N4O2S/c1-3-19-7-4-5-12-27(19)13-6-11-25-23(29)18-8-14-28(15-9-18)24(30)21-17-22-20(26(21)2)10-16-31-22/h10,16-19H,3-9,11-15H2,1-2H3,(H,25,29)/t19-/m1/s1. The minimum atomic E-state index is 0.0272. The van der Waals surface area contributed by atoms with E-state index in [0.29, 0.717) is 13.1 Å². The first-order valence-electron chi connectivity index (χ1n) is 11.9. The summed E-state index contributed by atoms with van der Waals surface area (Å²) in [5, 5.41) is 5.21. The van der Waals surface area contributed by atoms with Crippen molar-refractivity contribution in [3.63, 3.8) is 0 Å². The van der Waals surface area contributed by atoms with Crippen LogP contribution in [0.25, 0.3) is 10.2 Å². The Balaban J connectivity index is 1.19. The molecule has 2 amide bonds. The van der Waals surface area contributed by atoms with Gasteiger partial charge in [-0.3, -0.25) is 9.59 Å². The fraction of sp³-hybridized carbons (Fsp3) is 0.667. The number of hydrogen-bond acceptors (Lipinski definition) is 4. The third-order valence-electron chi connectivity index (χ3n) is 7.18. The molecule has 0 unspecified atom stereocenters. The minimum absolute atomic E-state index is 0.0272. The Hall–Kier alpha value is -1.86. The van der Waals surface area contributed by atoms with Crippen LogP contribution in [0.2, 0.25) is 0 Å². The van der Waals surface area contributed by atoms with Gasteiger partial charge in [0.05, 0.1) is 10.2 Å². The second-order valence-electron chi connectivity index (χ2n) is 9.06. The van der Waals surface area contributed by atoms with Crippen molar-refractivity contribution < 1.29 is 9.59 Å². The molecule has 0 radical (unpaired) electrons. The number of likely N-dealkylation sites (tertiary alicyclic amines) is 2. The molecule has 0 spiro atoms. The Morgan fingerprint density at radius 1 is 1.16 bits per heavy atom. The Morgan fingerprint density at radius 2 is 1.97 bits per heavy atom. The van der Waals surface area contributed by atoms with Crippen LogP contribution in [0, 0.1) is 5.92 Å². The van der Waals surface area contributed by atoms with E-state index >= 15 is 0 Å². The molecule has 2 aliphatic rings. The highest BCUT2D eigenvalue weighted by Crippen LogP contribution is 2.26. The van der Waals surface area contributed by atoms with E-state index in [0.717, 1.165) is 54.3 Å². The van der Waals surface area contributed by atoms with Gasteiger partial charge in [0, 0.05) is 45.2 Å².